The Hall–Kier alpha value is -1.40. The number of carbonyl (C=O) groups is 1. The third-order valence-corrected chi connectivity index (χ3v) is 6.89. The molecular formula is C16H21NO4S. The van der Waals surface area contributed by atoms with Gasteiger partial charge >= 0.3 is 0 Å². The number of methoxy groups -OCH3 is 1. The minimum Gasteiger partial charge on any atom is -0.497 e. The van der Waals surface area contributed by atoms with E-state index < -0.39 is 10.0 Å². The molecular weight excluding hydrogens is 302 g/mol. The zero-order valence-corrected chi connectivity index (χ0v) is 13.7. The Labute approximate surface area is 131 Å². The van der Waals surface area contributed by atoms with Gasteiger partial charge in [-0.3, -0.25) is 4.79 Å². The molecule has 1 heterocycles. The number of hydrogen-bond acceptors (Lipinski definition) is 4. The van der Waals surface area contributed by atoms with Crippen molar-refractivity contribution in [1.29, 1.82) is 0 Å². The van der Waals surface area contributed by atoms with Crippen LogP contribution < -0.4 is 4.74 Å². The highest BCUT2D eigenvalue weighted by atomic mass is 32.2. The van der Waals surface area contributed by atoms with Gasteiger partial charge in [-0.2, -0.15) is 4.31 Å². The van der Waals surface area contributed by atoms with Gasteiger partial charge in [0.1, 0.15) is 11.5 Å². The van der Waals surface area contributed by atoms with Gasteiger partial charge in [0.2, 0.25) is 10.0 Å². The maximum atomic E-state index is 13.0. The molecule has 1 aromatic rings. The van der Waals surface area contributed by atoms with E-state index in [2.05, 4.69) is 0 Å². The molecule has 5 nitrogen and oxygen atoms in total. The summed E-state index contributed by atoms with van der Waals surface area (Å²) in [4.78, 5) is 12.3. The second-order valence-electron chi connectivity index (χ2n) is 6.07. The highest BCUT2D eigenvalue weighted by Gasteiger charge is 2.45. The van der Waals surface area contributed by atoms with E-state index in [1.807, 2.05) is 0 Å². The van der Waals surface area contributed by atoms with E-state index in [0.717, 1.165) is 19.3 Å². The highest BCUT2D eigenvalue weighted by Crippen LogP contribution is 2.38. The van der Waals surface area contributed by atoms with E-state index in [1.54, 1.807) is 36.5 Å². The Morgan fingerprint density at radius 3 is 2.73 bits per heavy atom. The van der Waals surface area contributed by atoms with Gasteiger partial charge in [-0.1, -0.05) is 6.42 Å². The van der Waals surface area contributed by atoms with Gasteiger partial charge in [0, 0.05) is 24.9 Å². The van der Waals surface area contributed by atoms with Crippen LogP contribution in [-0.4, -0.2) is 38.2 Å². The minimum absolute atomic E-state index is 0.109. The molecule has 2 fully saturated rings. The summed E-state index contributed by atoms with van der Waals surface area (Å²) in [7, 11) is -2.01. The number of ketones is 1. The molecule has 22 heavy (non-hydrogen) atoms. The number of piperidine rings is 1. The SMILES string of the molecule is COc1ccc(S(=O)(=O)N2CCC(=O)C3CCCC32)c(C)c1. The van der Waals surface area contributed by atoms with Crippen molar-refractivity contribution in [2.75, 3.05) is 13.7 Å². The molecule has 0 radical (unpaired) electrons. The minimum atomic E-state index is -3.57. The molecule has 1 aliphatic carbocycles. The second-order valence-corrected chi connectivity index (χ2v) is 7.93. The molecule has 2 atom stereocenters. The maximum Gasteiger partial charge on any atom is 0.243 e. The van der Waals surface area contributed by atoms with Gasteiger partial charge in [0.25, 0.3) is 0 Å². The highest BCUT2D eigenvalue weighted by molar-refractivity contribution is 7.89. The van der Waals surface area contributed by atoms with Gasteiger partial charge in [-0.05, 0) is 43.5 Å². The first-order valence-corrected chi connectivity index (χ1v) is 9.08. The lowest BCUT2D eigenvalue weighted by Gasteiger charge is -2.36. The summed E-state index contributed by atoms with van der Waals surface area (Å²) in [6.45, 7) is 2.07. The number of aryl methyl sites for hydroxylation is 1. The topological polar surface area (TPSA) is 63.7 Å². The molecule has 120 valence electrons. The van der Waals surface area contributed by atoms with E-state index in [0.29, 0.717) is 29.2 Å². The van der Waals surface area contributed by atoms with Crippen molar-refractivity contribution >= 4 is 15.8 Å². The maximum absolute atomic E-state index is 13.0. The van der Waals surface area contributed by atoms with Gasteiger partial charge in [-0.25, -0.2) is 8.42 Å². The lowest BCUT2D eigenvalue weighted by atomic mass is 9.92. The summed E-state index contributed by atoms with van der Waals surface area (Å²) < 4.78 is 32.8. The molecule has 0 spiro atoms. The summed E-state index contributed by atoms with van der Waals surface area (Å²) in [5.41, 5.74) is 0.672. The number of rotatable bonds is 3. The Morgan fingerprint density at radius 2 is 2.05 bits per heavy atom. The standard InChI is InChI=1S/C16H21NO4S/c1-11-10-12(21-2)6-7-16(11)22(19,20)17-9-8-15(18)13-4-3-5-14(13)17/h6-7,10,13-14H,3-5,8-9H2,1-2H3. The molecule has 0 aromatic heterocycles. The third kappa shape index (κ3) is 2.44. The van der Waals surface area contributed by atoms with E-state index >= 15 is 0 Å². The van der Waals surface area contributed by atoms with Crippen LogP contribution in [0.15, 0.2) is 23.1 Å². The molecule has 2 aliphatic rings. The first-order valence-electron chi connectivity index (χ1n) is 7.64. The number of benzene rings is 1. The predicted molar refractivity (Wildman–Crippen MR) is 82.4 cm³/mol. The first kappa shape index (κ1) is 15.5. The van der Waals surface area contributed by atoms with Crippen molar-refractivity contribution in [2.24, 2.45) is 5.92 Å². The Morgan fingerprint density at radius 1 is 1.27 bits per heavy atom. The van der Waals surface area contributed by atoms with Gasteiger partial charge in [-0.15, -0.1) is 0 Å². The number of sulfonamides is 1. The van der Waals surface area contributed by atoms with Crippen LogP contribution in [0.5, 0.6) is 5.75 Å². The number of fused-ring (bicyclic) bond motifs is 1. The monoisotopic (exact) mass is 323 g/mol. The lowest BCUT2D eigenvalue weighted by molar-refractivity contribution is -0.126. The van der Waals surface area contributed by atoms with Gasteiger partial charge in [0.05, 0.1) is 12.0 Å². The van der Waals surface area contributed by atoms with Crippen LogP contribution >= 0.6 is 0 Å². The molecule has 0 bridgehead atoms. The van der Waals surface area contributed by atoms with Crippen molar-refractivity contribution in [3.63, 3.8) is 0 Å². The summed E-state index contributed by atoms with van der Waals surface area (Å²) in [6.07, 6.45) is 2.85. The summed E-state index contributed by atoms with van der Waals surface area (Å²) in [5.74, 6) is 0.756. The fourth-order valence-corrected chi connectivity index (χ4v) is 5.59. The summed E-state index contributed by atoms with van der Waals surface area (Å²) >= 11 is 0. The number of hydrogen-bond donors (Lipinski definition) is 0. The fraction of sp³-hybridized carbons (Fsp3) is 0.562. The Kier molecular flexibility index (Phi) is 3.99. The smallest absolute Gasteiger partial charge is 0.243 e. The van der Waals surface area contributed by atoms with E-state index in [4.69, 9.17) is 4.74 Å². The van der Waals surface area contributed by atoms with Crippen LogP contribution in [0.2, 0.25) is 0 Å². The quantitative estimate of drug-likeness (QED) is 0.855. The van der Waals surface area contributed by atoms with Crippen molar-refractivity contribution < 1.29 is 17.9 Å². The lowest BCUT2D eigenvalue weighted by Crippen LogP contribution is -2.49. The molecule has 1 aromatic carbocycles. The largest absolute Gasteiger partial charge is 0.497 e. The van der Waals surface area contributed by atoms with Crippen molar-refractivity contribution in [3.05, 3.63) is 23.8 Å². The number of carbonyl (C=O) groups excluding carboxylic acids is 1. The van der Waals surface area contributed by atoms with Crippen LogP contribution in [0.4, 0.5) is 0 Å². The zero-order chi connectivity index (χ0) is 15.9. The van der Waals surface area contributed by atoms with Crippen molar-refractivity contribution in [2.45, 2.75) is 43.5 Å². The normalized spacial score (nSPS) is 26.0. The summed E-state index contributed by atoms with van der Waals surface area (Å²) in [5, 5.41) is 0. The van der Waals surface area contributed by atoms with Crippen LogP contribution in [0, 0.1) is 12.8 Å². The van der Waals surface area contributed by atoms with Crippen molar-refractivity contribution in [1.82, 2.24) is 4.31 Å². The number of nitrogens with zero attached hydrogens (tertiary/aromatic N) is 1. The molecule has 1 aliphatic heterocycles. The van der Waals surface area contributed by atoms with E-state index in [-0.39, 0.29) is 17.7 Å². The van der Waals surface area contributed by atoms with E-state index in [1.165, 1.54) is 0 Å². The van der Waals surface area contributed by atoms with Gasteiger partial charge < -0.3 is 4.74 Å². The molecule has 3 rings (SSSR count). The Balaban J connectivity index is 1.97. The van der Waals surface area contributed by atoms with E-state index in [9.17, 15) is 13.2 Å². The number of Topliss-reactive ketones (excluding diaryl/α,β-unsaturated/α-hetero) is 1. The average Bonchev–Trinajstić information content (AvgIpc) is 2.97. The molecule has 6 heteroatoms. The van der Waals surface area contributed by atoms with Crippen LogP contribution in [0.25, 0.3) is 0 Å². The second kappa shape index (κ2) is 5.66. The molecule has 0 amide bonds. The van der Waals surface area contributed by atoms with Crippen LogP contribution in [0.3, 0.4) is 0 Å². The molecule has 1 saturated carbocycles. The molecule has 0 N–H and O–H groups in total. The van der Waals surface area contributed by atoms with Crippen LogP contribution in [-0.2, 0) is 14.8 Å². The summed E-state index contributed by atoms with van der Waals surface area (Å²) in [6, 6.07) is 4.84. The fourth-order valence-electron chi connectivity index (χ4n) is 3.70. The average molecular weight is 323 g/mol. The zero-order valence-electron chi connectivity index (χ0n) is 12.9. The Bertz CT molecular complexity index is 698. The molecule has 1 saturated heterocycles. The number of ether oxygens (including phenoxy) is 1. The predicted octanol–water partition coefficient (Wildman–Crippen LogP) is 2.14. The van der Waals surface area contributed by atoms with Crippen molar-refractivity contribution in [3.8, 4) is 5.75 Å². The van der Waals surface area contributed by atoms with Gasteiger partial charge in [0.15, 0.2) is 0 Å². The molecule has 2 unspecified atom stereocenters. The first-order chi connectivity index (χ1) is 10.4. The third-order valence-electron chi connectivity index (χ3n) is 4.81. The van der Waals surface area contributed by atoms with Crippen LogP contribution in [0.1, 0.15) is 31.2 Å².